The van der Waals surface area contributed by atoms with Crippen LogP contribution in [0.25, 0.3) is 11.0 Å². The Kier molecular flexibility index (Phi) is 3.48. The second-order valence-corrected chi connectivity index (χ2v) is 2.53. The first-order chi connectivity index (χ1) is 4.86. The second kappa shape index (κ2) is 3.98. The average Bonchev–Trinajstić information content (AvgIpc) is 2.27. The molecule has 0 aliphatic heterocycles. The summed E-state index contributed by atoms with van der Waals surface area (Å²) in [5, 5.41) is 0. The van der Waals surface area contributed by atoms with E-state index in [4.69, 9.17) is 12.2 Å². The first-order valence-electron chi connectivity index (χ1n) is 3.03. The molecule has 0 bridgehead atoms. The summed E-state index contributed by atoms with van der Waals surface area (Å²) in [6.07, 6.45) is 0. The van der Waals surface area contributed by atoms with Crippen LogP contribution in [0.3, 0.4) is 0 Å². The Labute approximate surface area is 112 Å². The zero-order chi connectivity index (χ0) is 6.97. The number of H-pyrrole nitrogens is 2. The molecular weight excluding hydrogens is 183 g/mol. The molecule has 1 radical (unpaired) electrons. The van der Waals surface area contributed by atoms with Crippen LogP contribution in [-0.4, -0.2) is 61.4 Å². The standard InChI is InChI=1S/C7H6N2S.K/c10-7-8-5-3-1-2-4-6(5)9-7;/h1-4H,(H2,8,9,10);. The Hall–Kier alpha value is 0.546. The summed E-state index contributed by atoms with van der Waals surface area (Å²) in [6, 6.07) is 7.92. The van der Waals surface area contributed by atoms with Crippen LogP contribution in [0.15, 0.2) is 24.3 Å². The average molecular weight is 189 g/mol. The van der Waals surface area contributed by atoms with Gasteiger partial charge in [0.1, 0.15) is 0 Å². The van der Waals surface area contributed by atoms with E-state index >= 15 is 0 Å². The number of aromatic amines is 2. The van der Waals surface area contributed by atoms with Crippen LogP contribution in [0.2, 0.25) is 0 Å². The topological polar surface area (TPSA) is 31.6 Å². The monoisotopic (exact) mass is 189 g/mol. The van der Waals surface area contributed by atoms with Crippen LogP contribution in [0, 0.1) is 4.77 Å². The van der Waals surface area contributed by atoms with Gasteiger partial charge in [0.05, 0.1) is 11.0 Å². The van der Waals surface area contributed by atoms with Crippen LogP contribution in [-0.2, 0) is 0 Å². The van der Waals surface area contributed by atoms with Crippen LogP contribution in [0.5, 0.6) is 0 Å². The minimum Gasteiger partial charge on any atom is -0.331 e. The number of rotatable bonds is 0. The quantitative estimate of drug-likeness (QED) is 0.481. The minimum atomic E-state index is 0. The van der Waals surface area contributed by atoms with Crippen molar-refractivity contribution in [2.75, 3.05) is 0 Å². The van der Waals surface area contributed by atoms with Crippen molar-refractivity contribution in [3.05, 3.63) is 29.0 Å². The molecule has 0 spiro atoms. The van der Waals surface area contributed by atoms with Crippen molar-refractivity contribution in [2.24, 2.45) is 0 Å². The number of para-hydroxylation sites is 2. The summed E-state index contributed by atoms with van der Waals surface area (Å²) >= 11 is 4.90. The molecule has 2 rings (SSSR count). The number of benzene rings is 1. The zero-order valence-corrected chi connectivity index (χ0v) is 10.2. The van der Waals surface area contributed by atoms with E-state index in [0.717, 1.165) is 11.0 Å². The van der Waals surface area contributed by atoms with Gasteiger partial charge in [-0.2, -0.15) is 0 Å². The fourth-order valence-corrected chi connectivity index (χ4v) is 1.20. The van der Waals surface area contributed by atoms with Gasteiger partial charge in [0.15, 0.2) is 4.77 Å². The van der Waals surface area contributed by atoms with Crippen molar-refractivity contribution in [1.29, 1.82) is 0 Å². The number of hydrogen-bond donors (Lipinski definition) is 2. The first kappa shape index (κ1) is 9.63. The van der Waals surface area contributed by atoms with Crippen molar-refractivity contribution in [1.82, 2.24) is 9.97 Å². The van der Waals surface area contributed by atoms with Crippen molar-refractivity contribution in [2.45, 2.75) is 0 Å². The van der Waals surface area contributed by atoms with E-state index < -0.39 is 0 Å². The molecule has 0 saturated carbocycles. The minimum absolute atomic E-state index is 0. The predicted molar refractivity (Wildman–Crippen MR) is 49.2 cm³/mol. The van der Waals surface area contributed by atoms with Gasteiger partial charge in [-0.3, -0.25) is 0 Å². The zero-order valence-electron chi connectivity index (χ0n) is 6.22. The van der Waals surface area contributed by atoms with Crippen LogP contribution < -0.4 is 0 Å². The largest absolute Gasteiger partial charge is 0.331 e. The number of hydrogen-bond acceptors (Lipinski definition) is 1. The second-order valence-electron chi connectivity index (χ2n) is 2.12. The Morgan fingerprint density at radius 1 is 1.00 bits per heavy atom. The summed E-state index contributed by atoms with van der Waals surface area (Å²) in [5.41, 5.74) is 2.13. The maximum atomic E-state index is 4.90. The van der Waals surface area contributed by atoms with Crippen LogP contribution in [0.1, 0.15) is 0 Å². The number of imidazole rings is 1. The van der Waals surface area contributed by atoms with Gasteiger partial charge >= 0.3 is 0 Å². The van der Waals surface area contributed by atoms with Crippen molar-refractivity contribution < 1.29 is 0 Å². The Balaban J connectivity index is 0.000000605. The molecule has 0 aliphatic carbocycles. The van der Waals surface area contributed by atoms with E-state index in [-0.39, 0.29) is 51.4 Å². The Morgan fingerprint density at radius 3 is 1.91 bits per heavy atom. The van der Waals surface area contributed by atoms with Crippen molar-refractivity contribution in [3.8, 4) is 0 Å². The van der Waals surface area contributed by atoms with Gasteiger partial charge in [-0.15, -0.1) is 0 Å². The van der Waals surface area contributed by atoms with Gasteiger partial charge in [0.2, 0.25) is 0 Å². The molecule has 0 fully saturated rings. The fraction of sp³-hybridized carbons (Fsp3) is 0. The van der Waals surface area contributed by atoms with Crippen LogP contribution in [0.4, 0.5) is 0 Å². The molecule has 4 heteroatoms. The molecule has 2 nitrogen and oxygen atoms in total. The summed E-state index contributed by atoms with van der Waals surface area (Å²) in [6.45, 7) is 0. The van der Waals surface area contributed by atoms with Crippen LogP contribution >= 0.6 is 12.2 Å². The Morgan fingerprint density at radius 2 is 1.45 bits per heavy atom. The third-order valence-electron chi connectivity index (χ3n) is 1.42. The maximum absolute atomic E-state index is 4.90. The predicted octanol–water partition coefficient (Wildman–Crippen LogP) is 1.84. The van der Waals surface area contributed by atoms with Crippen molar-refractivity contribution >= 4 is 74.6 Å². The summed E-state index contributed by atoms with van der Waals surface area (Å²) < 4.78 is 0.682. The summed E-state index contributed by atoms with van der Waals surface area (Å²) in [7, 11) is 0. The van der Waals surface area contributed by atoms with E-state index in [1.54, 1.807) is 0 Å². The summed E-state index contributed by atoms with van der Waals surface area (Å²) in [5.74, 6) is 0. The van der Waals surface area contributed by atoms with Gasteiger partial charge in [0, 0.05) is 51.4 Å². The normalized spacial score (nSPS) is 9.45. The number of nitrogens with one attached hydrogen (secondary N) is 2. The molecule has 0 amide bonds. The summed E-state index contributed by atoms with van der Waals surface area (Å²) in [4.78, 5) is 6.04. The molecule has 0 atom stereocenters. The van der Waals surface area contributed by atoms with E-state index in [1.165, 1.54) is 0 Å². The number of fused-ring (bicyclic) bond motifs is 1. The molecule has 1 aromatic heterocycles. The van der Waals surface area contributed by atoms with E-state index in [1.807, 2.05) is 24.3 Å². The first-order valence-corrected chi connectivity index (χ1v) is 3.44. The molecule has 0 unspecified atom stereocenters. The van der Waals surface area contributed by atoms with Crippen molar-refractivity contribution in [3.63, 3.8) is 0 Å². The van der Waals surface area contributed by atoms with Gasteiger partial charge in [0.25, 0.3) is 0 Å². The molecule has 1 aromatic carbocycles. The van der Waals surface area contributed by atoms with Gasteiger partial charge < -0.3 is 9.97 Å². The Bertz CT molecular complexity index is 368. The molecule has 0 aliphatic rings. The van der Waals surface area contributed by atoms with E-state index in [9.17, 15) is 0 Å². The fourth-order valence-electron chi connectivity index (χ4n) is 0.977. The van der Waals surface area contributed by atoms with Gasteiger partial charge in [-0.25, -0.2) is 0 Å². The van der Waals surface area contributed by atoms with Gasteiger partial charge in [-0.1, -0.05) is 12.1 Å². The molecular formula is C7H6KN2S. The maximum Gasteiger partial charge on any atom is 0.175 e. The third-order valence-corrected chi connectivity index (χ3v) is 1.63. The molecule has 1 heterocycles. The smallest absolute Gasteiger partial charge is 0.175 e. The molecule has 2 aromatic rings. The molecule has 11 heavy (non-hydrogen) atoms. The molecule has 51 valence electrons. The van der Waals surface area contributed by atoms with E-state index in [0.29, 0.717) is 4.77 Å². The molecule has 2 N–H and O–H groups in total. The van der Waals surface area contributed by atoms with E-state index in [2.05, 4.69) is 9.97 Å². The van der Waals surface area contributed by atoms with Gasteiger partial charge in [-0.05, 0) is 24.4 Å². The SMILES string of the molecule is S=c1[nH]c2ccccc2[nH]1.[K]. The number of aromatic nitrogens is 2. The third kappa shape index (κ3) is 2.02. The molecule has 0 saturated heterocycles.